The van der Waals surface area contributed by atoms with Crippen molar-refractivity contribution in [2.45, 2.75) is 53.0 Å². The molecule has 1 heterocycles. The summed E-state index contributed by atoms with van der Waals surface area (Å²) in [5, 5.41) is 8.96. The molecular formula is C15H23NO3. The normalized spacial score (nSPS) is 11.5. The molecule has 4 nitrogen and oxygen atoms in total. The van der Waals surface area contributed by atoms with Crippen molar-refractivity contribution >= 4 is 5.97 Å². The van der Waals surface area contributed by atoms with Crippen LogP contribution in [-0.2, 0) is 6.54 Å². The lowest BCUT2D eigenvalue weighted by Gasteiger charge is -2.25. The minimum Gasteiger partial charge on any atom is -0.478 e. The summed E-state index contributed by atoms with van der Waals surface area (Å²) in [5.41, 5.74) is 0.00775. The van der Waals surface area contributed by atoms with Gasteiger partial charge in [-0.1, -0.05) is 40.0 Å². The third-order valence-electron chi connectivity index (χ3n) is 3.29. The maximum atomic E-state index is 11.8. The second-order valence-electron chi connectivity index (χ2n) is 5.81. The Morgan fingerprint density at radius 3 is 2.58 bits per heavy atom. The molecule has 0 unspecified atom stereocenters. The van der Waals surface area contributed by atoms with Crippen LogP contribution in [0, 0.1) is 5.41 Å². The quantitative estimate of drug-likeness (QED) is 0.770. The molecule has 1 rings (SSSR count). The highest BCUT2D eigenvalue weighted by Crippen LogP contribution is 2.25. The smallest absolute Gasteiger partial charge is 0.337 e. The van der Waals surface area contributed by atoms with Crippen LogP contribution in [0.25, 0.3) is 0 Å². The predicted molar refractivity (Wildman–Crippen MR) is 75.6 cm³/mol. The molecule has 0 aromatic carbocycles. The molecule has 0 amide bonds. The zero-order valence-corrected chi connectivity index (χ0v) is 12.0. The first-order valence-electron chi connectivity index (χ1n) is 6.79. The average Bonchev–Trinajstić information content (AvgIpc) is 2.31. The lowest BCUT2D eigenvalue weighted by atomic mass is 9.86. The molecule has 0 spiro atoms. The van der Waals surface area contributed by atoms with Gasteiger partial charge in [-0.3, -0.25) is 4.79 Å². The molecule has 0 saturated carbocycles. The third-order valence-corrected chi connectivity index (χ3v) is 3.29. The second kappa shape index (κ2) is 6.55. The Labute approximate surface area is 114 Å². The molecular weight excluding hydrogens is 242 g/mol. The van der Waals surface area contributed by atoms with E-state index in [2.05, 4.69) is 20.8 Å². The molecule has 0 fully saturated rings. The summed E-state index contributed by atoms with van der Waals surface area (Å²) in [6.07, 6.45) is 5.96. The van der Waals surface area contributed by atoms with Crippen LogP contribution in [0.1, 0.15) is 56.8 Å². The van der Waals surface area contributed by atoms with E-state index in [1.165, 1.54) is 35.7 Å². The van der Waals surface area contributed by atoms with E-state index in [4.69, 9.17) is 5.11 Å². The van der Waals surface area contributed by atoms with Gasteiger partial charge in [0, 0.05) is 18.8 Å². The van der Waals surface area contributed by atoms with Crippen molar-refractivity contribution in [3.05, 3.63) is 34.2 Å². The molecule has 0 bridgehead atoms. The number of aromatic nitrogens is 1. The first-order chi connectivity index (χ1) is 8.85. The monoisotopic (exact) mass is 265 g/mol. The number of hydrogen-bond acceptors (Lipinski definition) is 2. The number of carbonyl (C=O) groups is 1. The highest BCUT2D eigenvalue weighted by atomic mass is 16.4. The first-order valence-corrected chi connectivity index (χ1v) is 6.79. The summed E-state index contributed by atoms with van der Waals surface area (Å²) in [7, 11) is 0. The SMILES string of the molecule is CCCCCC(C)(C)Cn1cc(C(=O)O)ccc1=O. The molecule has 106 valence electrons. The molecule has 0 aliphatic heterocycles. The number of unbranched alkanes of at least 4 members (excludes halogenated alkanes) is 2. The Kier molecular flexibility index (Phi) is 5.33. The highest BCUT2D eigenvalue weighted by Gasteiger charge is 2.19. The summed E-state index contributed by atoms with van der Waals surface area (Å²) in [4.78, 5) is 22.7. The first kappa shape index (κ1) is 15.5. The molecule has 1 aromatic heterocycles. The standard InChI is InChI=1S/C15H23NO3/c1-4-5-6-9-15(2,3)11-16-10-12(14(18)19)7-8-13(16)17/h7-8,10H,4-6,9,11H2,1-3H3,(H,18,19). The zero-order chi connectivity index (χ0) is 14.5. The number of hydrogen-bond donors (Lipinski definition) is 1. The third kappa shape index (κ3) is 4.89. The van der Waals surface area contributed by atoms with Crippen molar-refractivity contribution in [1.29, 1.82) is 0 Å². The fraction of sp³-hybridized carbons (Fsp3) is 0.600. The molecule has 0 aliphatic carbocycles. The highest BCUT2D eigenvalue weighted by molar-refractivity contribution is 5.87. The summed E-state index contributed by atoms with van der Waals surface area (Å²) >= 11 is 0. The Morgan fingerprint density at radius 2 is 2.00 bits per heavy atom. The number of pyridine rings is 1. The number of nitrogens with zero attached hydrogens (tertiary/aromatic N) is 1. The van der Waals surface area contributed by atoms with E-state index in [0.29, 0.717) is 6.54 Å². The molecule has 1 aromatic rings. The van der Waals surface area contributed by atoms with E-state index >= 15 is 0 Å². The van der Waals surface area contributed by atoms with Crippen molar-refractivity contribution in [2.24, 2.45) is 5.41 Å². The largest absolute Gasteiger partial charge is 0.478 e. The Bertz CT molecular complexity index is 488. The predicted octanol–water partition coefficient (Wildman–Crippen LogP) is 3.15. The molecule has 0 atom stereocenters. The fourth-order valence-corrected chi connectivity index (χ4v) is 2.18. The summed E-state index contributed by atoms with van der Waals surface area (Å²) in [6, 6.07) is 2.68. The maximum absolute atomic E-state index is 11.8. The van der Waals surface area contributed by atoms with Crippen LogP contribution >= 0.6 is 0 Å². The van der Waals surface area contributed by atoms with Gasteiger partial charge in [-0.15, -0.1) is 0 Å². The van der Waals surface area contributed by atoms with E-state index < -0.39 is 5.97 Å². The van der Waals surface area contributed by atoms with Crippen molar-refractivity contribution in [3.8, 4) is 0 Å². The zero-order valence-electron chi connectivity index (χ0n) is 12.0. The van der Waals surface area contributed by atoms with Crippen LogP contribution in [0.3, 0.4) is 0 Å². The number of carboxylic acid groups (broad SMARTS) is 1. The molecule has 0 radical (unpaired) electrons. The van der Waals surface area contributed by atoms with Gasteiger partial charge in [-0.25, -0.2) is 4.79 Å². The van der Waals surface area contributed by atoms with Gasteiger partial charge in [-0.05, 0) is 17.9 Å². The number of aromatic carboxylic acids is 1. The summed E-state index contributed by atoms with van der Waals surface area (Å²) in [6.45, 7) is 6.94. The van der Waals surface area contributed by atoms with Crippen molar-refractivity contribution in [3.63, 3.8) is 0 Å². The maximum Gasteiger partial charge on any atom is 0.337 e. The Balaban J connectivity index is 2.82. The summed E-state index contributed by atoms with van der Waals surface area (Å²) < 4.78 is 1.51. The van der Waals surface area contributed by atoms with Crippen LogP contribution in [0.15, 0.2) is 23.1 Å². The molecule has 4 heteroatoms. The lowest BCUT2D eigenvalue weighted by Crippen LogP contribution is -2.28. The van der Waals surface area contributed by atoms with E-state index in [-0.39, 0.29) is 16.5 Å². The second-order valence-corrected chi connectivity index (χ2v) is 5.81. The van der Waals surface area contributed by atoms with Crippen molar-refractivity contribution in [2.75, 3.05) is 0 Å². The van der Waals surface area contributed by atoms with E-state index in [9.17, 15) is 9.59 Å². The fourth-order valence-electron chi connectivity index (χ4n) is 2.18. The molecule has 1 N–H and O–H groups in total. The Morgan fingerprint density at radius 1 is 1.32 bits per heavy atom. The van der Waals surface area contributed by atoms with Crippen LogP contribution in [0.5, 0.6) is 0 Å². The van der Waals surface area contributed by atoms with Gasteiger partial charge in [0.15, 0.2) is 0 Å². The van der Waals surface area contributed by atoms with Gasteiger partial charge in [0.1, 0.15) is 0 Å². The topological polar surface area (TPSA) is 59.3 Å². The number of carboxylic acids is 1. The summed E-state index contributed by atoms with van der Waals surface area (Å²) in [5.74, 6) is -1.00. The average molecular weight is 265 g/mol. The van der Waals surface area contributed by atoms with Gasteiger partial charge < -0.3 is 9.67 Å². The molecule has 19 heavy (non-hydrogen) atoms. The van der Waals surface area contributed by atoms with Gasteiger partial charge in [0.2, 0.25) is 0 Å². The van der Waals surface area contributed by atoms with Crippen LogP contribution < -0.4 is 5.56 Å². The van der Waals surface area contributed by atoms with Crippen LogP contribution in [0.4, 0.5) is 0 Å². The van der Waals surface area contributed by atoms with Crippen LogP contribution in [-0.4, -0.2) is 15.6 Å². The van der Waals surface area contributed by atoms with Gasteiger partial charge in [0.05, 0.1) is 5.56 Å². The van der Waals surface area contributed by atoms with E-state index in [1.807, 2.05) is 0 Å². The van der Waals surface area contributed by atoms with E-state index in [1.54, 1.807) is 0 Å². The lowest BCUT2D eigenvalue weighted by molar-refractivity contribution is 0.0695. The van der Waals surface area contributed by atoms with Gasteiger partial charge in [0.25, 0.3) is 5.56 Å². The van der Waals surface area contributed by atoms with E-state index in [0.717, 1.165) is 12.8 Å². The molecule has 0 aliphatic rings. The molecule has 0 saturated heterocycles. The van der Waals surface area contributed by atoms with Gasteiger partial charge >= 0.3 is 5.97 Å². The van der Waals surface area contributed by atoms with Gasteiger partial charge in [-0.2, -0.15) is 0 Å². The Hall–Kier alpha value is -1.58. The minimum atomic E-state index is -1.00. The number of rotatable bonds is 7. The van der Waals surface area contributed by atoms with Crippen LogP contribution in [0.2, 0.25) is 0 Å². The van der Waals surface area contributed by atoms with Crippen molar-refractivity contribution < 1.29 is 9.90 Å². The van der Waals surface area contributed by atoms with Crippen molar-refractivity contribution in [1.82, 2.24) is 4.57 Å². The minimum absolute atomic E-state index is 0.00385.